The topological polar surface area (TPSA) is 79.9 Å². The van der Waals surface area contributed by atoms with Crippen LogP contribution in [0.1, 0.15) is 40.2 Å². The Balaban J connectivity index is 1.48. The third-order valence-corrected chi connectivity index (χ3v) is 4.60. The van der Waals surface area contributed by atoms with E-state index in [0.717, 1.165) is 36.9 Å². The second-order valence-corrected chi connectivity index (χ2v) is 6.42. The average Bonchev–Trinajstić information content (AvgIpc) is 3.13. The molecule has 0 unspecified atom stereocenters. The third-order valence-electron chi connectivity index (χ3n) is 4.60. The first kappa shape index (κ1) is 17.2. The van der Waals surface area contributed by atoms with E-state index < -0.39 is 5.82 Å². The van der Waals surface area contributed by atoms with Gasteiger partial charge in [-0.05, 0) is 43.9 Å². The van der Waals surface area contributed by atoms with Crippen molar-refractivity contribution in [1.29, 1.82) is 0 Å². The number of halogens is 1. The van der Waals surface area contributed by atoms with Crippen LogP contribution in [0.25, 0.3) is 0 Å². The van der Waals surface area contributed by atoms with Gasteiger partial charge in [0.2, 0.25) is 5.88 Å². The van der Waals surface area contributed by atoms with Gasteiger partial charge in [0.1, 0.15) is 0 Å². The molecule has 1 aromatic carbocycles. The summed E-state index contributed by atoms with van der Waals surface area (Å²) in [5.41, 5.74) is 3.16. The molecule has 2 aromatic heterocycles. The van der Waals surface area contributed by atoms with E-state index in [1.165, 1.54) is 12.1 Å². The lowest BCUT2D eigenvalue weighted by Crippen LogP contribution is -2.25. The number of carbonyl (C=O) groups is 1. The maximum atomic E-state index is 13.8. The number of aromatic amines is 1. The van der Waals surface area contributed by atoms with E-state index in [4.69, 9.17) is 4.74 Å². The SMILES string of the molecule is O=C(NCc1cccnc1Oc1ccccc1F)c1n[nH]c2c1CCCC2. The van der Waals surface area contributed by atoms with Crippen LogP contribution in [-0.2, 0) is 19.4 Å². The fourth-order valence-electron chi connectivity index (χ4n) is 3.21. The van der Waals surface area contributed by atoms with E-state index >= 15 is 0 Å². The first-order valence-electron chi connectivity index (χ1n) is 8.93. The lowest BCUT2D eigenvalue weighted by molar-refractivity contribution is 0.0944. The molecule has 0 saturated heterocycles. The van der Waals surface area contributed by atoms with E-state index in [0.29, 0.717) is 11.3 Å². The molecule has 27 heavy (non-hydrogen) atoms. The molecule has 1 aliphatic rings. The quantitative estimate of drug-likeness (QED) is 0.724. The number of aryl methyl sites for hydroxylation is 1. The Kier molecular flexibility index (Phi) is 4.82. The van der Waals surface area contributed by atoms with Crippen molar-refractivity contribution in [3.8, 4) is 11.6 Å². The van der Waals surface area contributed by atoms with Crippen LogP contribution in [0.15, 0.2) is 42.6 Å². The van der Waals surface area contributed by atoms with Gasteiger partial charge in [0.05, 0.1) is 0 Å². The van der Waals surface area contributed by atoms with Gasteiger partial charge in [-0.25, -0.2) is 9.37 Å². The predicted molar refractivity (Wildman–Crippen MR) is 97.1 cm³/mol. The number of nitrogens with zero attached hydrogens (tertiary/aromatic N) is 2. The Morgan fingerprint density at radius 3 is 2.93 bits per heavy atom. The zero-order valence-electron chi connectivity index (χ0n) is 14.7. The van der Waals surface area contributed by atoms with Crippen molar-refractivity contribution in [2.24, 2.45) is 0 Å². The number of H-pyrrole nitrogens is 1. The van der Waals surface area contributed by atoms with Crippen LogP contribution in [0.3, 0.4) is 0 Å². The third kappa shape index (κ3) is 3.67. The number of ether oxygens (including phenoxy) is 1. The Morgan fingerprint density at radius 1 is 1.19 bits per heavy atom. The Labute approximate surface area is 155 Å². The number of aromatic nitrogens is 3. The van der Waals surface area contributed by atoms with Gasteiger partial charge < -0.3 is 10.1 Å². The van der Waals surface area contributed by atoms with Crippen LogP contribution in [0.5, 0.6) is 11.6 Å². The number of benzene rings is 1. The highest BCUT2D eigenvalue weighted by Gasteiger charge is 2.21. The lowest BCUT2D eigenvalue weighted by atomic mass is 9.96. The number of rotatable bonds is 5. The molecule has 6 nitrogen and oxygen atoms in total. The van der Waals surface area contributed by atoms with Crippen molar-refractivity contribution < 1.29 is 13.9 Å². The number of fused-ring (bicyclic) bond motifs is 1. The fraction of sp³-hybridized carbons (Fsp3) is 0.250. The summed E-state index contributed by atoms with van der Waals surface area (Å²) in [6.07, 6.45) is 5.53. The highest BCUT2D eigenvalue weighted by molar-refractivity contribution is 5.94. The standard InChI is InChI=1S/C20H19FN4O2/c21-15-8-2-4-10-17(15)27-20-13(6-5-11-22-20)12-23-19(26)18-14-7-1-3-9-16(14)24-25-18/h2,4-6,8,10-11H,1,3,7,9,12H2,(H,23,26)(H,24,25). The van der Waals surface area contributed by atoms with Crippen LogP contribution in [-0.4, -0.2) is 21.1 Å². The van der Waals surface area contributed by atoms with Crippen molar-refractivity contribution in [2.45, 2.75) is 32.2 Å². The van der Waals surface area contributed by atoms with Crippen LogP contribution in [0.2, 0.25) is 0 Å². The molecule has 0 bridgehead atoms. The first-order chi connectivity index (χ1) is 13.2. The minimum Gasteiger partial charge on any atom is -0.436 e. The summed E-state index contributed by atoms with van der Waals surface area (Å²) >= 11 is 0. The molecule has 0 saturated carbocycles. The van der Waals surface area contributed by atoms with E-state index in [2.05, 4.69) is 20.5 Å². The predicted octanol–water partition coefficient (Wildman–Crippen LogP) is 3.54. The second kappa shape index (κ2) is 7.57. The summed E-state index contributed by atoms with van der Waals surface area (Å²) in [4.78, 5) is 16.7. The summed E-state index contributed by atoms with van der Waals surface area (Å²) in [6.45, 7) is 0.206. The first-order valence-corrected chi connectivity index (χ1v) is 8.93. The second-order valence-electron chi connectivity index (χ2n) is 6.42. The molecule has 0 fully saturated rings. The van der Waals surface area contributed by atoms with Gasteiger partial charge in [-0.15, -0.1) is 0 Å². The smallest absolute Gasteiger partial charge is 0.272 e. The normalized spacial score (nSPS) is 13.1. The number of hydrogen-bond acceptors (Lipinski definition) is 4. The van der Waals surface area contributed by atoms with Crippen LogP contribution in [0.4, 0.5) is 4.39 Å². The average molecular weight is 366 g/mol. The van der Waals surface area contributed by atoms with Crippen molar-refractivity contribution in [1.82, 2.24) is 20.5 Å². The fourth-order valence-corrected chi connectivity index (χ4v) is 3.21. The largest absolute Gasteiger partial charge is 0.436 e. The number of amides is 1. The summed E-state index contributed by atoms with van der Waals surface area (Å²) in [6, 6.07) is 9.65. The lowest BCUT2D eigenvalue weighted by Gasteiger charge is -2.12. The highest BCUT2D eigenvalue weighted by Crippen LogP contribution is 2.26. The maximum Gasteiger partial charge on any atom is 0.272 e. The van der Waals surface area contributed by atoms with Crippen molar-refractivity contribution in [3.63, 3.8) is 0 Å². The number of nitrogens with one attached hydrogen (secondary N) is 2. The summed E-state index contributed by atoms with van der Waals surface area (Å²) < 4.78 is 19.4. The molecular formula is C20H19FN4O2. The Hall–Kier alpha value is -3.22. The molecule has 0 atom stereocenters. The maximum absolute atomic E-state index is 13.8. The van der Waals surface area contributed by atoms with Crippen molar-refractivity contribution >= 4 is 5.91 Å². The Bertz CT molecular complexity index is 970. The van der Waals surface area contributed by atoms with E-state index in [1.807, 2.05) is 0 Å². The number of para-hydroxylation sites is 1. The number of carbonyl (C=O) groups excluding carboxylic acids is 1. The van der Waals surface area contributed by atoms with Crippen LogP contribution in [0, 0.1) is 5.82 Å². The van der Waals surface area contributed by atoms with Crippen LogP contribution >= 0.6 is 0 Å². The monoisotopic (exact) mass is 366 g/mol. The molecule has 4 rings (SSSR count). The molecule has 1 amide bonds. The van der Waals surface area contributed by atoms with E-state index in [1.54, 1.807) is 30.5 Å². The van der Waals surface area contributed by atoms with Gasteiger partial charge in [0.15, 0.2) is 17.3 Å². The number of pyridine rings is 1. The molecule has 138 valence electrons. The zero-order chi connectivity index (χ0) is 18.6. The highest BCUT2D eigenvalue weighted by atomic mass is 19.1. The van der Waals surface area contributed by atoms with Crippen LogP contribution < -0.4 is 10.1 Å². The van der Waals surface area contributed by atoms with Gasteiger partial charge in [0, 0.05) is 29.6 Å². The molecule has 0 radical (unpaired) electrons. The zero-order valence-corrected chi connectivity index (χ0v) is 14.7. The van der Waals surface area contributed by atoms with Gasteiger partial charge in [0.25, 0.3) is 5.91 Å². The van der Waals surface area contributed by atoms with Crippen molar-refractivity contribution in [2.75, 3.05) is 0 Å². The van der Waals surface area contributed by atoms with Gasteiger partial charge in [-0.1, -0.05) is 18.2 Å². The van der Waals surface area contributed by atoms with Gasteiger partial charge in [-0.3, -0.25) is 9.89 Å². The van der Waals surface area contributed by atoms with Crippen molar-refractivity contribution in [3.05, 3.63) is 70.9 Å². The van der Waals surface area contributed by atoms with Gasteiger partial charge in [-0.2, -0.15) is 5.10 Å². The van der Waals surface area contributed by atoms with E-state index in [9.17, 15) is 9.18 Å². The molecule has 1 aliphatic carbocycles. The molecule has 2 heterocycles. The van der Waals surface area contributed by atoms with E-state index in [-0.39, 0.29) is 24.1 Å². The minimum absolute atomic E-state index is 0.0881. The molecular weight excluding hydrogens is 347 g/mol. The summed E-state index contributed by atoms with van der Waals surface area (Å²) in [7, 11) is 0. The molecule has 7 heteroatoms. The minimum atomic E-state index is -0.471. The molecule has 0 spiro atoms. The Morgan fingerprint density at radius 2 is 2.04 bits per heavy atom. The molecule has 3 aromatic rings. The molecule has 2 N–H and O–H groups in total. The summed E-state index contributed by atoms with van der Waals surface area (Å²) in [5, 5.41) is 10.0. The summed E-state index contributed by atoms with van der Waals surface area (Å²) in [5.74, 6) is -0.367. The molecule has 0 aliphatic heterocycles. The number of hydrogen-bond donors (Lipinski definition) is 2. The van der Waals surface area contributed by atoms with Gasteiger partial charge >= 0.3 is 0 Å².